The first kappa shape index (κ1) is 16.3. The van der Waals surface area contributed by atoms with Crippen molar-refractivity contribution < 1.29 is 17.6 Å². The summed E-state index contributed by atoms with van der Waals surface area (Å²) in [4.78, 5) is 13.4. The van der Waals surface area contributed by atoms with Crippen LogP contribution >= 0.6 is 11.8 Å². The quantitative estimate of drug-likeness (QED) is 0.458. The van der Waals surface area contributed by atoms with Gasteiger partial charge in [0, 0.05) is 29.9 Å². The van der Waals surface area contributed by atoms with Crippen LogP contribution in [-0.4, -0.2) is 48.9 Å². The Morgan fingerprint density at radius 1 is 1.62 bits per heavy atom. The molecule has 1 aromatic heterocycles. The van der Waals surface area contributed by atoms with Crippen LogP contribution in [0.25, 0.3) is 0 Å². The molecule has 1 fully saturated rings. The number of hydrazine groups is 1. The Hall–Kier alpha value is -1.03. The summed E-state index contributed by atoms with van der Waals surface area (Å²) in [5, 5.41) is -0.520. The van der Waals surface area contributed by atoms with E-state index < -0.39 is 21.1 Å². The lowest BCUT2D eigenvalue weighted by molar-refractivity contribution is 0.0921. The number of carbonyl (C=O) groups excluding carboxylic acids is 1. The lowest BCUT2D eigenvalue weighted by Crippen LogP contribution is -2.46. The van der Waals surface area contributed by atoms with E-state index in [4.69, 9.17) is 10.3 Å². The highest BCUT2D eigenvalue weighted by molar-refractivity contribution is 8.00. The predicted octanol–water partition coefficient (Wildman–Crippen LogP) is 0.111. The number of furan rings is 1. The fourth-order valence-corrected chi connectivity index (χ4v) is 5.25. The lowest BCUT2D eigenvalue weighted by atomic mass is 10.2. The molecule has 0 radical (unpaired) electrons. The van der Waals surface area contributed by atoms with E-state index in [2.05, 4.69) is 0 Å². The second-order valence-corrected chi connectivity index (χ2v) is 8.38. The van der Waals surface area contributed by atoms with Crippen LogP contribution in [0.15, 0.2) is 10.5 Å². The van der Waals surface area contributed by atoms with Gasteiger partial charge < -0.3 is 4.42 Å². The fraction of sp³-hybridized carbons (Fsp3) is 0.583. The number of nitrogens with two attached hydrogens (primary N) is 1. The van der Waals surface area contributed by atoms with Crippen molar-refractivity contribution in [1.82, 2.24) is 10.3 Å². The average molecular weight is 333 g/mol. The molecule has 21 heavy (non-hydrogen) atoms. The summed E-state index contributed by atoms with van der Waals surface area (Å²) in [5.41, 5.74) is 2.70. The standard InChI is InChI=1S/C12H19N3O4S2/c1-8-5-9(19-11(8)12(16)14-13)6-15-3-4-20-7-10(15)21(2,17)18/h5,10H,3-4,6-7,13H2,1-2H3,(H,14,16). The van der Waals surface area contributed by atoms with Crippen LogP contribution < -0.4 is 11.3 Å². The molecule has 2 heterocycles. The monoisotopic (exact) mass is 333 g/mol. The fourth-order valence-electron chi connectivity index (χ4n) is 2.31. The summed E-state index contributed by atoms with van der Waals surface area (Å²) < 4.78 is 29.2. The highest BCUT2D eigenvalue weighted by Crippen LogP contribution is 2.24. The number of hydrogen-bond acceptors (Lipinski definition) is 7. The Labute approximate surface area is 128 Å². The lowest BCUT2D eigenvalue weighted by Gasteiger charge is -2.33. The summed E-state index contributed by atoms with van der Waals surface area (Å²) in [7, 11) is -3.16. The van der Waals surface area contributed by atoms with Crippen LogP contribution in [0.3, 0.4) is 0 Å². The van der Waals surface area contributed by atoms with Gasteiger partial charge in [0.05, 0.1) is 6.54 Å². The first-order valence-electron chi connectivity index (χ1n) is 6.44. The topological polar surface area (TPSA) is 106 Å². The second kappa shape index (κ2) is 6.39. The number of aryl methyl sites for hydroxylation is 1. The molecular formula is C12H19N3O4S2. The normalized spacial score (nSPS) is 20.4. The van der Waals surface area contributed by atoms with Gasteiger partial charge in [0.1, 0.15) is 11.1 Å². The van der Waals surface area contributed by atoms with Gasteiger partial charge in [-0.3, -0.25) is 15.1 Å². The minimum absolute atomic E-state index is 0.162. The van der Waals surface area contributed by atoms with Crippen LogP contribution in [0.4, 0.5) is 0 Å². The van der Waals surface area contributed by atoms with Crippen LogP contribution in [0.5, 0.6) is 0 Å². The van der Waals surface area contributed by atoms with Crippen LogP contribution in [0.2, 0.25) is 0 Å². The number of nitrogens with one attached hydrogen (secondary N) is 1. The third kappa shape index (κ3) is 3.79. The highest BCUT2D eigenvalue weighted by Gasteiger charge is 2.31. The maximum atomic E-state index is 11.8. The molecular weight excluding hydrogens is 314 g/mol. The number of hydrogen-bond donors (Lipinski definition) is 2. The van der Waals surface area contributed by atoms with E-state index >= 15 is 0 Å². The molecule has 0 spiro atoms. The number of nitrogens with zero attached hydrogens (tertiary/aromatic N) is 1. The maximum absolute atomic E-state index is 11.8. The largest absolute Gasteiger partial charge is 0.454 e. The number of thioether (sulfide) groups is 1. The minimum atomic E-state index is -3.16. The van der Waals surface area contributed by atoms with E-state index in [1.54, 1.807) is 24.8 Å². The zero-order chi connectivity index (χ0) is 15.6. The van der Waals surface area contributed by atoms with Gasteiger partial charge in [0.15, 0.2) is 15.6 Å². The van der Waals surface area contributed by atoms with Crippen molar-refractivity contribution in [2.75, 3.05) is 24.3 Å². The van der Waals surface area contributed by atoms with E-state index in [0.717, 1.165) is 5.75 Å². The number of amides is 1. The number of carbonyl (C=O) groups is 1. The molecule has 1 atom stereocenters. The predicted molar refractivity (Wildman–Crippen MR) is 81.5 cm³/mol. The second-order valence-electron chi connectivity index (χ2n) is 5.03. The molecule has 1 unspecified atom stereocenters. The Bertz CT molecular complexity index is 626. The van der Waals surface area contributed by atoms with Crippen molar-refractivity contribution in [2.45, 2.75) is 18.8 Å². The van der Waals surface area contributed by atoms with Crippen molar-refractivity contribution in [3.63, 3.8) is 0 Å². The van der Waals surface area contributed by atoms with E-state index in [1.807, 2.05) is 10.3 Å². The summed E-state index contributed by atoms with van der Waals surface area (Å²) in [5.74, 6) is 6.75. The summed E-state index contributed by atoms with van der Waals surface area (Å²) in [6.45, 7) is 2.77. The van der Waals surface area contributed by atoms with E-state index in [-0.39, 0.29) is 5.76 Å². The van der Waals surface area contributed by atoms with Crippen LogP contribution in [0, 0.1) is 6.92 Å². The molecule has 1 saturated heterocycles. The van der Waals surface area contributed by atoms with Crippen molar-refractivity contribution in [3.05, 3.63) is 23.2 Å². The smallest absolute Gasteiger partial charge is 0.301 e. The van der Waals surface area contributed by atoms with Gasteiger partial charge >= 0.3 is 5.91 Å². The molecule has 3 N–H and O–H groups in total. The van der Waals surface area contributed by atoms with Crippen molar-refractivity contribution in [2.24, 2.45) is 5.84 Å². The molecule has 1 aliphatic rings. The number of nitrogen functional groups attached to an aromatic ring is 1. The molecule has 0 bridgehead atoms. The molecule has 0 aromatic carbocycles. The molecule has 7 nitrogen and oxygen atoms in total. The zero-order valence-electron chi connectivity index (χ0n) is 12.0. The third-order valence-corrected chi connectivity index (χ3v) is 6.04. The van der Waals surface area contributed by atoms with E-state index in [1.165, 1.54) is 6.26 Å². The highest BCUT2D eigenvalue weighted by atomic mass is 32.2. The Morgan fingerprint density at radius 3 is 2.95 bits per heavy atom. The number of rotatable bonds is 4. The van der Waals surface area contributed by atoms with Gasteiger partial charge in [0.25, 0.3) is 0 Å². The van der Waals surface area contributed by atoms with Gasteiger partial charge in [-0.25, -0.2) is 14.3 Å². The Kier molecular flexibility index (Phi) is 4.97. The Morgan fingerprint density at radius 2 is 2.33 bits per heavy atom. The van der Waals surface area contributed by atoms with Gasteiger partial charge in [0.2, 0.25) is 0 Å². The van der Waals surface area contributed by atoms with Gasteiger partial charge in [-0.2, -0.15) is 11.8 Å². The molecule has 1 amide bonds. The van der Waals surface area contributed by atoms with E-state index in [0.29, 0.717) is 30.2 Å². The molecule has 1 aliphatic heterocycles. The minimum Gasteiger partial charge on any atom is -0.454 e. The Balaban J connectivity index is 2.18. The van der Waals surface area contributed by atoms with Gasteiger partial charge in [-0.05, 0) is 13.0 Å². The van der Waals surface area contributed by atoms with Crippen molar-refractivity contribution in [1.29, 1.82) is 0 Å². The zero-order valence-corrected chi connectivity index (χ0v) is 13.6. The summed E-state index contributed by atoms with van der Waals surface area (Å²) in [6, 6.07) is 1.74. The van der Waals surface area contributed by atoms with Crippen molar-refractivity contribution in [3.8, 4) is 0 Å². The molecule has 2 rings (SSSR count). The first-order chi connectivity index (χ1) is 9.82. The summed E-state index contributed by atoms with van der Waals surface area (Å²) in [6.07, 6.45) is 1.25. The van der Waals surface area contributed by atoms with E-state index in [9.17, 15) is 13.2 Å². The van der Waals surface area contributed by atoms with Gasteiger partial charge in [-0.1, -0.05) is 0 Å². The third-order valence-electron chi connectivity index (χ3n) is 3.35. The van der Waals surface area contributed by atoms with Gasteiger partial charge in [-0.15, -0.1) is 0 Å². The maximum Gasteiger partial charge on any atom is 0.301 e. The number of sulfone groups is 1. The van der Waals surface area contributed by atoms with Crippen LogP contribution in [0.1, 0.15) is 21.9 Å². The van der Waals surface area contributed by atoms with Crippen LogP contribution in [-0.2, 0) is 16.4 Å². The molecule has 0 saturated carbocycles. The molecule has 118 valence electrons. The molecule has 0 aliphatic carbocycles. The van der Waals surface area contributed by atoms with Crippen molar-refractivity contribution >= 4 is 27.5 Å². The molecule has 9 heteroatoms. The SMILES string of the molecule is Cc1cc(CN2CCSCC2S(C)(=O)=O)oc1C(=O)NN. The average Bonchev–Trinajstić information content (AvgIpc) is 2.78. The summed E-state index contributed by atoms with van der Waals surface area (Å²) >= 11 is 1.63. The molecule has 1 aromatic rings. The first-order valence-corrected chi connectivity index (χ1v) is 9.54.